The lowest BCUT2D eigenvalue weighted by Crippen LogP contribution is -2.62. The van der Waals surface area contributed by atoms with E-state index in [-0.39, 0.29) is 5.54 Å². The fourth-order valence-corrected chi connectivity index (χ4v) is 3.24. The molecule has 2 atom stereocenters. The first-order valence-corrected chi connectivity index (χ1v) is 7.96. The maximum absolute atomic E-state index is 3.71. The van der Waals surface area contributed by atoms with Gasteiger partial charge in [-0.1, -0.05) is 50.1 Å². The Labute approximate surface area is 124 Å². The smallest absolute Gasteiger partial charge is 0.0253 e. The summed E-state index contributed by atoms with van der Waals surface area (Å²) in [6.07, 6.45) is 1.25. The van der Waals surface area contributed by atoms with Gasteiger partial charge in [-0.2, -0.15) is 0 Å². The minimum Gasteiger partial charge on any atom is -0.309 e. The summed E-state index contributed by atoms with van der Waals surface area (Å²) in [5, 5.41) is 3.71. The van der Waals surface area contributed by atoms with Crippen LogP contribution in [0.2, 0.25) is 0 Å². The SMILES string of the molecule is CCC(C)C1CNC(C)(C)CN1Cc1cccc(C)c1. The zero-order valence-electron chi connectivity index (χ0n) is 13.7. The molecule has 1 aliphatic heterocycles. The fraction of sp³-hybridized carbons (Fsp3) is 0.667. The summed E-state index contributed by atoms with van der Waals surface area (Å²) in [5.41, 5.74) is 3.02. The number of benzene rings is 1. The van der Waals surface area contributed by atoms with E-state index in [9.17, 15) is 0 Å². The summed E-state index contributed by atoms with van der Waals surface area (Å²) in [4.78, 5) is 2.68. The van der Waals surface area contributed by atoms with Crippen molar-refractivity contribution in [3.63, 3.8) is 0 Å². The Hall–Kier alpha value is -0.860. The third kappa shape index (κ3) is 3.83. The molecule has 0 saturated carbocycles. The molecule has 1 saturated heterocycles. The Bertz CT molecular complexity index is 439. The maximum atomic E-state index is 3.71. The van der Waals surface area contributed by atoms with E-state index in [1.165, 1.54) is 17.5 Å². The van der Waals surface area contributed by atoms with Crippen molar-refractivity contribution in [1.29, 1.82) is 0 Å². The molecule has 0 aromatic heterocycles. The number of hydrogen-bond acceptors (Lipinski definition) is 2. The number of hydrogen-bond donors (Lipinski definition) is 1. The lowest BCUT2D eigenvalue weighted by atomic mass is 9.90. The van der Waals surface area contributed by atoms with Gasteiger partial charge < -0.3 is 5.32 Å². The van der Waals surface area contributed by atoms with Crippen LogP contribution in [0.15, 0.2) is 24.3 Å². The first-order valence-electron chi connectivity index (χ1n) is 7.96. The average Bonchev–Trinajstić information content (AvgIpc) is 2.37. The Morgan fingerprint density at radius 2 is 2.15 bits per heavy atom. The second-order valence-corrected chi connectivity index (χ2v) is 7.11. The van der Waals surface area contributed by atoms with Gasteiger partial charge in [0, 0.05) is 31.2 Å². The molecule has 0 bridgehead atoms. The second-order valence-electron chi connectivity index (χ2n) is 7.11. The topological polar surface area (TPSA) is 15.3 Å². The molecule has 0 amide bonds. The van der Waals surface area contributed by atoms with Crippen molar-refractivity contribution < 1.29 is 0 Å². The normalized spacial score (nSPS) is 24.6. The van der Waals surface area contributed by atoms with Gasteiger partial charge in [0.25, 0.3) is 0 Å². The first kappa shape index (κ1) is 15.5. The minimum absolute atomic E-state index is 0.216. The van der Waals surface area contributed by atoms with Crippen LogP contribution in [-0.4, -0.2) is 29.6 Å². The van der Waals surface area contributed by atoms with Crippen molar-refractivity contribution in [3.8, 4) is 0 Å². The third-order valence-corrected chi connectivity index (χ3v) is 4.63. The molecule has 1 heterocycles. The van der Waals surface area contributed by atoms with Crippen LogP contribution in [0.3, 0.4) is 0 Å². The van der Waals surface area contributed by atoms with E-state index in [4.69, 9.17) is 0 Å². The molecule has 1 aliphatic rings. The molecule has 112 valence electrons. The average molecular weight is 274 g/mol. The number of nitrogens with zero attached hydrogens (tertiary/aromatic N) is 1. The molecule has 2 nitrogen and oxygen atoms in total. The van der Waals surface area contributed by atoms with Crippen molar-refractivity contribution >= 4 is 0 Å². The van der Waals surface area contributed by atoms with Gasteiger partial charge >= 0.3 is 0 Å². The van der Waals surface area contributed by atoms with Crippen LogP contribution in [-0.2, 0) is 6.54 Å². The zero-order chi connectivity index (χ0) is 14.8. The molecule has 1 fully saturated rings. The van der Waals surface area contributed by atoms with Crippen LogP contribution >= 0.6 is 0 Å². The van der Waals surface area contributed by atoms with Crippen LogP contribution in [0.1, 0.15) is 45.2 Å². The zero-order valence-corrected chi connectivity index (χ0v) is 13.7. The van der Waals surface area contributed by atoms with Gasteiger partial charge in [-0.25, -0.2) is 0 Å². The highest BCUT2D eigenvalue weighted by Crippen LogP contribution is 2.24. The highest BCUT2D eigenvalue weighted by atomic mass is 15.2. The number of piperazine rings is 1. The van der Waals surface area contributed by atoms with E-state index in [1.807, 2.05) is 0 Å². The van der Waals surface area contributed by atoms with Gasteiger partial charge in [0.15, 0.2) is 0 Å². The van der Waals surface area contributed by atoms with Crippen LogP contribution in [0.5, 0.6) is 0 Å². The van der Waals surface area contributed by atoms with Crippen molar-refractivity contribution in [3.05, 3.63) is 35.4 Å². The van der Waals surface area contributed by atoms with Gasteiger partial charge in [-0.3, -0.25) is 4.90 Å². The van der Waals surface area contributed by atoms with Crippen molar-refractivity contribution in [2.45, 2.75) is 59.2 Å². The van der Waals surface area contributed by atoms with Crippen LogP contribution in [0, 0.1) is 12.8 Å². The minimum atomic E-state index is 0.216. The van der Waals surface area contributed by atoms with Crippen molar-refractivity contribution in [2.24, 2.45) is 5.92 Å². The fourth-order valence-electron chi connectivity index (χ4n) is 3.24. The summed E-state index contributed by atoms with van der Waals surface area (Å²) in [6, 6.07) is 9.58. The number of nitrogens with one attached hydrogen (secondary N) is 1. The molecule has 0 aliphatic carbocycles. The molecule has 20 heavy (non-hydrogen) atoms. The largest absolute Gasteiger partial charge is 0.309 e. The lowest BCUT2D eigenvalue weighted by molar-refractivity contribution is 0.0571. The highest BCUT2D eigenvalue weighted by molar-refractivity contribution is 5.22. The van der Waals surface area contributed by atoms with E-state index in [2.05, 4.69) is 69.1 Å². The number of rotatable bonds is 4. The molecule has 2 heteroatoms. The van der Waals surface area contributed by atoms with Gasteiger partial charge in [0.1, 0.15) is 0 Å². The predicted octanol–water partition coefficient (Wildman–Crippen LogP) is 3.59. The second kappa shape index (κ2) is 6.28. The summed E-state index contributed by atoms with van der Waals surface area (Å²) >= 11 is 0. The molecule has 2 rings (SSSR count). The Morgan fingerprint density at radius 3 is 2.80 bits per heavy atom. The third-order valence-electron chi connectivity index (χ3n) is 4.63. The standard InChI is InChI=1S/C18H30N2/c1-6-15(3)17-11-19-18(4,5)13-20(17)12-16-9-7-8-14(2)10-16/h7-10,15,17,19H,6,11-13H2,1-5H3. The van der Waals surface area contributed by atoms with E-state index in [0.29, 0.717) is 6.04 Å². The molecule has 0 radical (unpaired) electrons. The van der Waals surface area contributed by atoms with Crippen molar-refractivity contribution in [1.82, 2.24) is 10.2 Å². The molecule has 0 spiro atoms. The van der Waals surface area contributed by atoms with Gasteiger partial charge in [-0.05, 0) is 32.3 Å². The van der Waals surface area contributed by atoms with E-state index >= 15 is 0 Å². The van der Waals surface area contributed by atoms with Crippen LogP contribution < -0.4 is 5.32 Å². The monoisotopic (exact) mass is 274 g/mol. The summed E-state index contributed by atoms with van der Waals surface area (Å²) in [7, 11) is 0. The molecular weight excluding hydrogens is 244 g/mol. The molecule has 2 unspecified atom stereocenters. The van der Waals surface area contributed by atoms with Gasteiger partial charge in [-0.15, -0.1) is 0 Å². The molecule has 1 aromatic carbocycles. The summed E-state index contributed by atoms with van der Waals surface area (Å²) in [6.45, 7) is 14.8. The van der Waals surface area contributed by atoms with E-state index < -0.39 is 0 Å². The molecule has 1 aromatic rings. The van der Waals surface area contributed by atoms with E-state index in [0.717, 1.165) is 25.6 Å². The van der Waals surface area contributed by atoms with E-state index in [1.54, 1.807) is 0 Å². The predicted molar refractivity (Wildman–Crippen MR) is 86.9 cm³/mol. The Balaban J connectivity index is 2.14. The quantitative estimate of drug-likeness (QED) is 0.902. The van der Waals surface area contributed by atoms with Gasteiger partial charge in [0.2, 0.25) is 0 Å². The lowest BCUT2D eigenvalue weighted by Gasteiger charge is -2.47. The Morgan fingerprint density at radius 1 is 1.40 bits per heavy atom. The summed E-state index contributed by atoms with van der Waals surface area (Å²) < 4.78 is 0. The highest BCUT2D eigenvalue weighted by Gasteiger charge is 2.34. The number of aryl methyl sites for hydroxylation is 1. The first-order chi connectivity index (χ1) is 9.41. The summed E-state index contributed by atoms with van der Waals surface area (Å²) in [5.74, 6) is 0.739. The van der Waals surface area contributed by atoms with Crippen LogP contribution in [0.25, 0.3) is 0 Å². The maximum Gasteiger partial charge on any atom is 0.0253 e. The molecule has 1 N–H and O–H groups in total. The van der Waals surface area contributed by atoms with Crippen molar-refractivity contribution in [2.75, 3.05) is 13.1 Å². The van der Waals surface area contributed by atoms with Crippen LogP contribution in [0.4, 0.5) is 0 Å². The molecular formula is C18H30N2. The van der Waals surface area contributed by atoms with Gasteiger partial charge in [0.05, 0.1) is 0 Å². The Kier molecular flexibility index (Phi) is 4.87.